The fraction of sp³-hybridized carbons (Fsp3) is 0.222. The van der Waals surface area contributed by atoms with Crippen molar-refractivity contribution in [1.82, 2.24) is 0 Å². The second-order valence-electron chi connectivity index (χ2n) is 2.99. The summed E-state index contributed by atoms with van der Waals surface area (Å²) in [7, 11) is 0. The van der Waals surface area contributed by atoms with Gasteiger partial charge in [0.15, 0.2) is 5.78 Å². The van der Waals surface area contributed by atoms with E-state index < -0.39 is 28.8 Å². The maximum Gasteiger partial charge on any atom is 0.387 e. The molecule has 5 nitrogen and oxygen atoms in total. The molecule has 17 heavy (non-hydrogen) atoms. The Kier molecular flexibility index (Phi) is 4.11. The van der Waals surface area contributed by atoms with Gasteiger partial charge in [-0.3, -0.25) is 14.9 Å². The Morgan fingerprint density at radius 1 is 1.53 bits per heavy atom. The highest BCUT2D eigenvalue weighted by molar-refractivity contribution is 9.10. The number of rotatable bonds is 4. The molecule has 0 N–H and O–H groups in total. The maximum absolute atomic E-state index is 12.1. The second kappa shape index (κ2) is 5.17. The molecule has 0 radical (unpaired) electrons. The fourth-order valence-electron chi connectivity index (χ4n) is 1.15. The summed E-state index contributed by atoms with van der Waals surface area (Å²) in [5.41, 5.74) is -0.603. The number of hydrogen-bond donors (Lipinski definition) is 0. The number of ether oxygens (including phenoxy) is 1. The van der Waals surface area contributed by atoms with Crippen LogP contribution in [0.4, 0.5) is 14.5 Å². The molecule has 0 fully saturated rings. The molecule has 1 aromatic rings. The minimum atomic E-state index is -3.16. The van der Waals surface area contributed by atoms with Crippen molar-refractivity contribution in [2.45, 2.75) is 13.5 Å². The quantitative estimate of drug-likeness (QED) is 0.486. The van der Waals surface area contributed by atoms with Crippen LogP contribution < -0.4 is 4.74 Å². The van der Waals surface area contributed by atoms with E-state index in [2.05, 4.69) is 20.7 Å². The summed E-state index contributed by atoms with van der Waals surface area (Å²) < 4.78 is 28.3. The highest BCUT2D eigenvalue weighted by Crippen LogP contribution is 2.33. The molecule has 0 aliphatic rings. The van der Waals surface area contributed by atoms with Crippen molar-refractivity contribution >= 4 is 27.4 Å². The van der Waals surface area contributed by atoms with Crippen LogP contribution in [0.5, 0.6) is 5.75 Å². The molecule has 0 spiro atoms. The van der Waals surface area contributed by atoms with E-state index in [0.717, 1.165) is 19.1 Å². The van der Waals surface area contributed by atoms with Crippen LogP contribution in [-0.4, -0.2) is 17.3 Å². The molecule has 8 heteroatoms. The highest BCUT2D eigenvalue weighted by atomic mass is 79.9. The lowest BCUT2D eigenvalue weighted by Crippen LogP contribution is -2.07. The van der Waals surface area contributed by atoms with E-state index in [9.17, 15) is 23.7 Å². The summed E-state index contributed by atoms with van der Waals surface area (Å²) in [6, 6.07) is 1.87. The third kappa shape index (κ3) is 3.19. The number of halogens is 3. The van der Waals surface area contributed by atoms with E-state index in [1.807, 2.05) is 0 Å². The Labute approximate surface area is 103 Å². The molecular weight excluding hydrogens is 304 g/mol. The van der Waals surface area contributed by atoms with Crippen LogP contribution in [0.25, 0.3) is 0 Å². The summed E-state index contributed by atoms with van der Waals surface area (Å²) >= 11 is 2.88. The number of Topliss-reactive ketones (excluding diaryl/α,β-unsaturated/α-hetero) is 1. The van der Waals surface area contributed by atoms with Crippen molar-refractivity contribution in [3.8, 4) is 5.75 Å². The van der Waals surface area contributed by atoms with Crippen LogP contribution in [-0.2, 0) is 0 Å². The SMILES string of the molecule is CC(=O)c1cc(Br)c([N+](=O)[O-])cc1OC(F)F. The summed E-state index contributed by atoms with van der Waals surface area (Å²) in [4.78, 5) is 21.0. The average molecular weight is 310 g/mol. The number of nitro groups is 1. The fourth-order valence-corrected chi connectivity index (χ4v) is 1.64. The van der Waals surface area contributed by atoms with Gasteiger partial charge in [-0.05, 0) is 28.9 Å². The lowest BCUT2D eigenvalue weighted by molar-refractivity contribution is -0.385. The Morgan fingerprint density at radius 2 is 2.12 bits per heavy atom. The topological polar surface area (TPSA) is 69.4 Å². The average Bonchev–Trinajstić information content (AvgIpc) is 2.18. The second-order valence-corrected chi connectivity index (χ2v) is 3.85. The van der Waals surface area contributed by atoms with Gasteiger partial charge in [0.25, 0.3) is 5.69 Å². The Bertz CT molecular complexity index is 478. The molecule has 0 unspecified atom stereocenters. The molecule has 0 bridgehead atoms. The van der Waals surface area contributed by atoms with Crippen LogP contribution in [0.2, 0.25) is 0 Å². The summed E-state index contributed by atoms with van der Waals surface area (Å²) in [6.07, 6.45) is 0. The molecule has 1 aromatic carbocycles. The first-order chi connectivity index (χ1) is 7.82. The van der Waals surface area contributed by atoms with Crippen molar-refractivity contribution in [1.29, 1.82) is 0 Å². The molecular formula is C9H6BrF2NO4. The van der Waals surface area contributed by atoms with Gasteiger partial charge in [-0.1, -0.05) is 0 Å². The molecule has 0 aliphatic carbocycles. The van der Waals surface area contributed by atoms with E-state index in [1.165, 1.54) is 0 Å². The van der Waals surface area contributed by atoms with Crippen molar-refractivity contribution in [3.63, 3.8) is 0 Å². The van der Waals surface area contributed by atoms with Gasteiger partial charge in [-0.2, -0.15) is 8.78 Å². The molecule has 0 amide bonds. The minimum Gasteiger partial charge on any atom is -0.434 e. The largest absolute Gasteiger partial charge is 0.434 e. The number of benzene rings is 1. The van der Waals surface area contributed by atoms with Gasteiger partial charge in [-0.25, -0.2) is 0 Å². The van der Waals surface area contributed by atoms with Crippen molar-refractivity contribution in [3.05, 3.63) is 32.3 Å². The number of ketones is 1. The number of carbonyl (C=O) groups is 1. The van der Waals surface area contributed by atoms with Gasteiger partial charge >= 0.3 is 6.61 Å². The molecule has 1 rings (SSSR count). The van der Waals surface area contributed by atoms with Gasteiger partial charge in [0.2, 0.25) is 0 Å². The minimum absolute atomic E-state index is 0.0225. The monoisotopic (exact) mass is 309 g/mol. The Balaban J connectivity index is 3.36. The highest BCUT2D eigenvalue weighted by Gasteiger charge is 2.21. The predicted octanol–water partition coefficient (Wildman–Crippen LogP) is 3.16. The molecule has 92 valence electrons. The maximum atomic E-state index is 12.1. The lowest BCUT2D eigenvalue weighted by atomic mass is 10.1. The van der Waals surface area contributed by atoms with Gasteiger partial charge in [0.1, 0.15) is 5.75 Å². The lowest BCUT2D eigenvalue weighted by Gasteiger charge is -2.09. The van der Waals surface area contributed by atoms with Crippen LogP contribution >= 0.6 is 15.9 Å². The van der Waals surface area contributed by atoms with Crippen LogP contribution in [0.15, 0.2) is 16.6 Å². The van der Waals surface area contributed by atoms with Crippen LogP contribution in [0.3, 0.4) is 0 Å². The summed E-state index contributed by atoms with van der Waals surface area (Å²) in [5.74, 6) is -1.04. The van der Waals surface area contributed by atoms with Gasteiger partial charge in [0, 0.05) is 0 Å². The van der Waals surface area contributed by atoms with Gasteiger partial charge in [0.05, 0.1) is 21.0 Å². The van der Waals surface area contributed by atoms with E-state index in [0.29, 0.717) is 0 Å². The van der Waals surface area contributed by atoms with Crippen LogP contribution in [0, 0.1) is 10.1 Å². The zero-order valence-electron chi connectivity index (χ0n) is 8.45. The number of carbonyl (C=O) groups excluding carboxylic acids is 1. The van der Waals surface area contributed by atoms with E-state index in [1.54, 1.807) is 0 Å². The summed E-state index contributed by atoms with van der Waals surface area (Å²) in [6.45, 7) is -2.01. The van der Waals surface area contributed by atoms with Crippen molar-refractivity contribution < 1.29 is 23.2 Å². The Morgan fingerprint density at radius 3 is 2.53 bits per heavy atom. The number of hydrogen-bond acceptors (Lipinski definition) is 4. The number of alkyl halides is 2. The third-order valence-electron chi connectivity index (χ3n) is 1.84. The van der Waals surface area contributed by atoms with E-state index in [-0.39, 0.29) is 10.0 Å². The molecule has 0 aromatic heterocycles. The first-order valence-electron chi connectivity index (χ1n) is 4.26. The van der Waals surface area contributed by atoms with Gasteiger partial charge in [-0.15, -0.1) is 0 Å². The predicted molar refractivity (Wildman–Crippen MR) is 57.4 cm³/mol. The first-order valence-corrected chi connectivity index (χ1v) is 5.06. The zero-order valence-corrected chi connectivity index (χ0v) is 10.0. The van der Waals surface area contributed by atoms with Crippen molar-refractivity contribution in [2.75, 3.05) is 0 Å². The van der Waals surface area contributed by atoms with Gasteiger partial charge < -0.3 is 4.74 Å². The van der Waals surface area contributed by atoms with E-state index in [4.69, 9.17) is 0 Å². The molecule has 0 heterocycles. The van der Waals surface area contributed by atoms with Crippen molar-refractivity contribution in [2.24, 2.45) is 0 Å². The molecule has 0 saturated carbocycles. The van der Waals surface area contributed by atoms with E-state index >= 15 is 0 Å². The molecule has 0 aliphatic heterocycles. The molecule has 0 saturated heterocycles. The number of nitrogens with zero attached hydrogens (tertiary/aromatic N) is 1. The number of nitro benzene ring substituents is 1. The Hall–Kier alpha value is -1.57. The standard InChI is InChI=1S/C9H6BrF2NO4/c1-4(14)5-2-6(10)7(13(15)16)3-8(5)17-9(11)12/h2-3,9H,1H3. The third-order valence-corrected chi connectivity index (χ3v) is 2.48. The molecule has 0 atom stereocenters. The zero-order chi connectivity index (χ0) is 13.2. The van der Waals surface area contributed by atoms with Crippen LogP contribution in [0.1, 0.15) is 17.3 Å². The first kappa shape index (κ1) is 13.5. The smallest absolute Gasteiger partial charge is 0.387 e. The normalized spacial score (nSPS) is 10.4. The summed E-state index contributed by atoms with van der Waals surface area (Å²) in [5, 5.41) is 10.6.